The van der Waals surface area contributed by atoms with E-state index in [-0.39, 0.29) is 5.91 Å². The van der Waals surface area contributed by atoms with Crippen LogP contribution in [0.1, 0.15) is 18.6 Å². The smallest absolute Gasteiger partial charge is 0.408 e. The summed E-state index contributed by atoms with van der Waals surface area (Å²) < 4.78 is 5.31. The lowest BCUT2D eigenvalue weighted by atomic mass is 10.0. The minimum absolute atomic E-state index is 0.0598. The number of carbonyl (C=O) groups is 2. The van der Waals surface area contributed by atoms with Crippen molar-refractivity contribution in [2.75, 3.05) is 32.7 Å². The molecule has 2 unspecified atom stereocenters. The Hall–Kier alpha value is -2.08. The van der Waals surface area contributed by atoms with Crippen LogP contribution in [0.5, 0.6) is 0 Å². The second-order valence-electron chi connectivity index (χ2n) is 5.62. The fraction of sp³-hybridized carbons (Fsp3) is 0.500. The number of carbonyl (C=O) groups excluding carboxylic acids is 2. The first-order valence-electron chi connectivity index (χ1n) is 7.72. The minimum Gasteiger partial charge on any atom is -0.439 e. The van der Waals surface area contributed by atoms with Crippen molar-refractivity contribution < 1.29 is 14.3 Å². The Morgan fingerprint density at radius 1 is 1.23 bits per heavy atom. The van der Waals surface area contributed by atoms with E-state index in [1.54, 1.807) is 0 Å². The van der Waals surface area contributed by atoms with Crippen LogP contribution in [0.2, 0.25) is 0 Å². The van der Waals surface area contributed by atoms with Gasteiger partial charge >= 0.3 is 6.09 Å². The monoisotopic (exact) mass is 303 g/mol. The Labute approximate surface area is 130 Å². The van der Waals surface area contributed by atoms with Gasteiger partial charge in [0.05, 0.1) is 0 Å². The van der Waals surface area contributed by atoms with Crippen molar-refractivity contribution in [1.29, 1.82) is 0 Å². The summed E-state index contributed by atoms with van der Waals surface area (Å²) in [6, 6.07) is 8.77. The zero-order valence-corrected chi connectivity index (χ0v) is 12.7. The van der Waals surface area contributed by atoms with E-state index in [0.717, 1.165) is 25.2 Å². The standard InChI is InChI=1S/C16H21N3O3/c1-2-18-8-10-19(11-9-18)15(20)13-14(22-16(21)17-13)12-6-4-3-5-7-12/h3-7,13-14H,2,8-11H2,1H3,(H,17,21). The maximum absolute atomic E-state index is 12.7. The lowest BCUT2D eigenvalue weighted by Crippen LogP contribution is -2.54. The molecule has 1 aromatic carbocycles. The average molecular weight is 303 g/mol. The number of piperazine rings is 1. The third kappa shape index (κ3) is 2.92. The van der Waals surface area contributed by atoms with E-state index in [4.69, 9.17) is 4.74 Å². The van der Waals surface area contributed by atoms with E-state index < -0.39 is 18.2 Å². The molecule has 2 saturated heterocycles. The van der Waals surface area contributed by atoms with Gasteiger partial charge in [-0.15, -0.1) is 0 Å². The number of nitrogens with zero attached hydrogens (tertiary/aromatic N) is 2. The largest absolute Gasteiger partial charge is 0.439 e. The molecular formula is C16H21N3O3. The molecule has 2 aliphatic rings. The molecule has 0 radical (unpaired) electrons. The number of hydrogen-bond acceptors (Lipinski definition) is 4. The molecule has 0 saturated carbocycles. The third-order valence-electron chi connectivity index (χ3n) is 4.34. The molecule has 2 aliphatic heterocycles. The Morgan fingerprint density at radius 2 is 1.91 bits per heavy atom. The summed E-state index contributed by atoms with van der Waals surface area (Å²) in [4.78, 5) is 28.5. The van der Waals surface area contributed by atoms with Crippen LogP contribution < -0.4 is 5.32 Å². The first-order chi connectivity index (χ1) is 10.7. The van der Waals surface area contributed by atoms with Crippen LogP contribution in [0.15, 0.2) is 30.3 Å². The van der Waals surface area contributed by atoms with Gasteiger partial charge in [0, 0.05) is 26.2 Å². The molecule has 1 aromatic rings. The predicted molar refractivity (Wildman–Crippen MR) is 81.3 cm³/mol. The number of likely N-dealkylation sites (N-methyl/N-ethyl adjacent to an activating group) is 1. The van der Waals surface area contributed by atoms with Crippen LogP contribution in [0, 0.1) is 0 Å². The number of amides is 2. The summed E-state index contributed by atoms with van der Waals surface area (Å²) in [6.07, 6.45) is -1.08. The molecule has 2 atom stereocenters. The molecule has 2 heterocycles. The van der Waals surface area contributed by atoms with Gasteiger partial charge in [0.25, 0.3) is 0 Å². The van der Waals surface area contributed by atoms with E-state index in [2.05, 4.69) is 17.1 Å². The zero-order chi connectivity index (χ0) is 15.5. The zero-order valence-electron chi connectivity index (χ0n) is 12.7. The summed E-state index contributed by atoms with van der Waals surface area (Å²) in [5, 5.41) is 2.66. The second-order valence-corrected chi connectivity index (χ2v) is 5.62. The van der Waals surface area contributed by atoms with Crippen molar-refractivity contribution in [2.24, 2.45) is 0 Å². The van der Waals surface area contributed by atoms with Gasteiger partial charge in [-0.25, -0.2) is 4.79 Å². The van der Waals surface area contributed by atoms with Crippen LogP contribution >= 0.6 is 0 Å². The predicted octanol–water partition coefficient (Wildman–Crippen LogP) is 1.00. The van der Waals surface area contributed by atoms with Crippen LogP contribution in [0.4, 0.5) is 4.79 Å². The molecule has 3 rings (SSSR count). The van der Waals surface area contributed by atoms with Gasteiger partial charge in [-0.3, -0.25) is 4.79 Å². The highest BCUT2D eigenvalue weighted by Crippen LogP contribution is 2.27. The Kier molecular flexibility index (Phi) is 4.29. The fourth-order valence-electron chi connectivity index (χ4n) is 3.00. The molecule has 1 N–H and O–H groups in total. The van der Waals surface area contributed by atoms with E-state index in [9.17, 15) is 9.59 Å². The SMILES string of the molecule is CCN1CCN(C(=O)C2NC(=O)OC2c2ccccc2)CC1. The summed E-state index contributed by atoms with van der Waals surface area (Å²) in [5.74, 6) is -0.0598. The fourth-order valence-corrected chi connectivity index (χ4v) is 3.00. The van der Waals surface area contributed by atoms with Crippen molar-refractivity contribution in [3.8, 4) is 0 Å². The normalized spacial score (nSPS) is 25.7. The van der Waals surface area contributed by atoms with Crippen molar-refractivity contribution >= 4 is 12.0 Å². The molecule has 2 amide bonds. The molecular weight excluding hydrogens is 282 g/mol. The van der Waals surface area contributed by atoms with E-state index >= 15 is 0 Å². The van der Waals surface area contributed by atoms with Crippen LogP contribution in [0.3, 0.4) is 0 Å². The number of nitrogens with one attached hydrogen (secondary N) is 1. The number of cyclic esters (lactones) is 1. The molecule has 22 heavy (non-hydrogen) atoms. The van der Waals surface area contributed by atoms with Crippen molar-refractivity contribution in [3.63, 3.8) is 0 Å². The molecule has 0 aromatic heterocycles. The van der Waals surface area contributed by atoms with Gasteiger partial charge in [0.2, 0.25) is 5.91 Å². The quantitative estimate of drug-likeness (QED) is 0.905. The highest BCUT2D eigenvalue weighted by molar-refractivity contribution is 5.89. The van der Waals surface area contributed by atoms with Gasteiger partial charge in [0.15, 0.2) is 12.1 Å². The Balaban J connectivity index is 1.72. The highest BCUT2D eigenvalue weighted by atomic mass is 16.6. The number of alkyl carbamates (subject to hydrolysis) is 1. The first kappa shape index (κ1) is 14.8. The molecule has 0 spiro atoms. The maximum Gasteiger partial charge on any atom is 0.408 e. The van der Waals surface area contributed by atoms with Gasteiger partial charge < -0.3 is 19.9 Å². The minimum atomic E-state index is -0.636. The molecule has 0 bridgehead atoms. The molecule has 2 fully saturated rings. The first-order valence-corrected chi connectivity index (χ1v) is 7.72. The van der Waals surface area contributed by atoms with Gasteiger partial charge in [-0.1, -0.05) is 37.3 Å². The maximum atomic E-state index is 12.7. The van der Waals surface area contributed by atoms with Crippen molar-refractivity contribution in [2.45, 2.75) is 19.1 Å². The lowest BCUT2D eigenvalue weighted by Gasteiger charge is -2.35. The summed E-state index contributed by atoms with van der Waals surface area (Å²) in [6.45, 7) is 6.26. The van der Waals surface area contributed by atoms with Gasteiger partial charge in [-0.2, -0.15) is 0 Å². The molecule has 0 aliphatic carbocycles. The highest BCUT2D eigenvalue weighted by Gasteiger charge is 2.42. The number of rotatable bonds is 3. The second kappa shape index (κ2) is 6.36. The van der Waals surface area contributed by atoms with Gasteiger partial charge in [0.1, 0.15) is 0 Å². The lowest BCUT2D eigenvalue weighted by molar-refractivity contribution is -0.136. The Bertz CT molecular complexity index is 541. The van der Waals surface area contributed by atoms with Crippen LogP contribution in [-0.2, 0) is 9.53 Å². The van der Waals surface area contributed by atoms with Crippen LogP contribution in [-0.4, -0.2) is 60.6 Å². The Morgan fingerprint density at radius 3 is 2.55 bits per heavy atom. The number of benzene rings is 1. The summed E-state index contributed by atoms with van der Waals surface area (Å²) in [5.41, 5.74) is 0.839. The van der Waals surface area contributed by atoms with E-state index in [1.807, 2.05) is 35.2 Å². The third-order valence-corrected chi connectivity index (χ3v) is 4.34. The van der Waals surface area contributed by atoms with E-state index in [0.29, 0.717) is 13.1 Å². The topological polar surface area (TPSA) is 61.9 Å². The van der Waals surface area contributed by atoms with Crippen LogP contribution in [0.25, 0.3) is 0 Å². The number of ether oxygens (including phenoxy) is 1. The van der Waals surface area contributed by atoms with Crippen molar-refractivity contribution in [3.05, 3.63) is 35.9 Å². The molecule has 6 heteroatoms. The summed E-state index contributed by atoms with van der Waals surface area (Å²) in [7, 11) is 0. The average Bonchev–Trinajstić information content (AvgIpc) is 2.97. The van der Waals surface area contributed by atoms with Crippen molar-refractivity contribution in [1.82, 2.24) is 15.1 Å². The summed E-state index contributed by atoms with van der Waals surface area (Å²) >= 11 is 0. The van der Waals surface area contributed by atoms with Gasteiger partial charge in [-0.05, 0) is 12.1 Å². The molecule has 6 nitrogen and oxygen atoms in total. The number of hydrogen-bond donors (Lipinski definition) is 1. The van der Waals surface area contributed by atoms with E-state index in [1.165, 1.54) is 0 Å². The molecule has 118 valence electrons.